The maximum Gasteiger partial charge on any atom is 0.409 e. The van der Waals surface area contributed by atoms with Gasteiger partial charge < -0.3 is 23.9 Å². The quantitative estimate of drug-likeness (QED) is 0.525. The van der Waals surface area contributed by atoms with Crippen molar-refractivity contribution in [1.29, 1.82) is 0 Å². The summed E-state index contributed by atoms with van der Waals surface area (Å²) < 4.78 is 15.9. The topological polar surface area (TPSA) is 65.1 Å². The lowest BCUT2D eigenvalue weighted by Gasteiger charge is -2.42. The summed E-state index contributed by atoms with van der Waals surface area (Å²) >= 11 is 0. The molecule has 146 valence electrons. The molecular weight excluding hydrogens is 322 g/mol. The highest BCUT2D eigenvalue weighted by Gasteiger charge is 2.35. The predicted octanol–water partition coefficient (Wildman–Crippen LogP) is 3.91. The number of hydrogen-bond donors (Lipinski definition) is 0. The van der Waals surface area contributed by atoms with Crippen LogP contribution in [0.15, 0.2) is 0 Å². The molecule has 0 bridgehead atoms. The second kappa shape index (κ2) is 12.3. The van der Waals surface area contributed by atoms with Crippen LogP contribution in [0.3, 0.4) is 0 Å². The molecule has 0 unspecified atom stereocenters. The molecule has 1 aliphatic heterocycles. The molecule has 0 spiro atoms. The maximum absolute atomic E-state index is 12.4. The number of hydrogen-bond acceptors (Lipinski definition) is 5. The molecule has 0 aliphatic carbocycles. The normalized spacial score (nSPS) is 21.8. The van der Waals surface area contributed by atoms with Gasteiger partial charge in [-0.15, -0.1) is 0 Å². The molecule has 6 nitrogen and oxygen atoms in total. The average molecular weight is 357 g/mol. The molecule has 1 fully saturated rings. The first-order chi connectivity index (χ1) is 12.0. The van der Waals surface area contributed by atoms with Gasteiger partial charge in [0.15, 0.2) is 0 Å². The van der Waals surface area contributed by atoms with Crippen LogP contribution in [0.4, 0.5) is 4.79 Å². The van der Waals surface area contributed by atoms with Crippen molar-refractivity contribution >= 4 is 11.9 Å². The Kier molecular flexibility index (Phi) is 10.7. The Morgan fingerprint density at radius 1 is 1.20 bits per heavy atom. The van der Waals surface area contributed by atoms with Crippen molar-refractivity contribution in [2.75, 3.05) is 21.0 Å². The van der Waals surface area contributed by atoms with Crippen LogP contribution in [0.25, 0.3) is 0 Å². The second-order valence-corrected chi connectivity index (χ2v) is 6.93. The number of Topliss-reactive ketones (excluding diaryl/α,β-unsaturated/α-hetero) is 1. The van der Waals surface area contributed by atoms with Gasteiger partial charge in [-0.3, -0.25) is 0 Å². The Morgan fingerprint density at radius 2 is 1.92 bits per heavy atom. The van der Waals surface area contributed by atoms with Crippen molar-refractivity contribution < 1.29 is 23.8 Å². The molecule has 3 atom stereocenters. The van der Waals surface area contributed by atoms with Crippen LogP contribution in [0, 0.1) is 0 Å². The zero-order valence-electron chi connectivity index (χ0n) is 16.3. The molecule has 1 aliphatic rings. The Hall–Kier alpha value is -1.14. The van der Waals surface area contributed by atoms with Crippen LogP contribution in [-0.2, 0) is 19.0 Å². The molecule has 1 heterocycles. The summed E-state index contributed by atoms with van der Waals surface area (Å²) in [5, 5.41) is 0. The monoisotopic (exact) mass is 357 g/mol. The van der Waals surface area contributed by atoms with Crippen molar-refractivity contribution in [3.05, 3.63) is 0 Å². The minimum Gasteiger partial charge on any atom is -0.453 e. The number of ether oxygens (including phenoxy) is 3. The molecule has 0 aromatic rings. The molecule has 0 aromatic heterocycles. The van der Waals surface area contributed by atoms with Crippen LogP contribution in [0.2, 0.25) is 0 Å². The Labute approximate surface area is 152 Å². The van der Waals surface area contributed by atoms with Gasteiger partial charge in [0, 0.05) is 25.6 Å². The van der Waals surface area contributed by atoms with E-state index in [4.69, 9.17) is 14.2 Å². The fourth-order valence-corrected chi connectivity index (χ4v) is 3.73. The number of ketones is 1. The van der Waals surface area contributed by atoms with Gasteiger partial charge in [0.2, 0.25) is 0 Å². The lowest BCUT2D eigenvalue weighted by atomic mass is 9.89. The number of nitrogens with zero attached hydrogens (tertiary/aromatic N) is 1. The van der Waals surface area contributed by atoms with E-state index in [2.05, 4.69) is 6.92 Å². The first-order valence-corrected chi connectivity index (χ1v) is 9.49. The summed E-state index contributed by atoms with van der Waals surface area (Å²) in [4.78, 5) is 25.5. The van der Waals surface area contributed by atoms with Gasteiger partial charge >= 0.3 is 6.09 Å². The molecular formula is C19H35NO5. The Balaban J connectivity index is 2.75. The van der Waals surface area contributed by atoms with Crippen molar-refractivity contribution in [1.82, 2.24) is 4.90 Å². The van der Waals surface area contributed by atoms with E-state index in [-0.39, 0.29) is 36.9 Å². The number of likely N-dealkylation sites (tertiary alicyclic amines) is 1. The SMILES string of the molecule is CCC[C@H](C[C@@H]1CCC[C@@H](CCCC(C)=O)N1C(=O)OC)OCOC. The second-order valence-electron chi connectivity index (χ2n) is 6.93. The maximum atomic E-state index is 12.4. The molecule has 1 amide bonds. The van der Waals surface area contributed by atoms with Gasteiger partial charge in [0.1, 0.15) is 12.6 Å². The van der Waals surface area contributed by atoms with Gasteiger partial charge in [-0.05, 0) is 51.9 Å². The number of piperidine rings is 1. The molecule has 0 radical (unpaired) electrons. The first kappa shape index (κ1) is 21.9. The third-order valence-corrected chi connectivity index (χ3v) is 4.88. The molecule has 1 saturated heterocycles. The van der Waals surface area contributed by atoms with E-state index in [1.54, 1.807) is 14.0 Å². The van der Waals surface area contributed by atoms with Crippen LogP contribution in [0.5, 0.6) is 0 Å². The van der Waals surface area contributed by atoms with Crippen molar-refractivity contribution in [3.8, 4) is 0 Å². The zero-order chi connectivity index (χ0) is 18.7. The zero-order valence-corrected chi connectivity index (χ0v) is 16.3. The predicted molar refractivity (Wildman–Crippen MR) is 96.5 cm³/mol. The molecule has 0 saturated carbocycles. The number of methoxy groups -OCH3 is 2. The van der Waals surface area contributed by atoms with Crippen molar-refractivity contribution in [2.24, 2.45) is 0 Å². The first-order valence-electron chi connectivity index (χ1n) is 9.49. The number of carbonyl (C=O) groups excluding carboxylic acids is 2. The van der Waals surface area contributed by atoms with Gasteiger partial charge in [0.05, 0.1) is 13.2 Å². The Morgan fingerprint density at radius 3 is 2.52 bits per heavy atom. The van der Waals surface area contributed by atoms with Crippen LogP contribution in [0.1, 0.15) is 71.6 Å². The fraction of sp³-hybridized carbons (Fsp3) is 0.895. The lowest BCUT2D eigenvalue weighted by Crippen LogP contribution is -2.51. The van der Waals surface area contributed by atoms with Gasteiger partial charge in [-0.25, -0.2) is 4.79 Å². The summed E-state index contributed by atoms with van der Waals surface area (Å²) in [6, 6.07) is 0.271. The molecule has 0 N–H and O–H groups in total. The minimum atomic E-state index is -0.264. The summed E-state index contributed by atoms with van der Waals surface area (Å²) in [5.41, 5.74) is 0. The summed E-state index contributed by atoms with van der Waals surface area (Å²) in [6.45, 7) is 4.02. The van der Waals surface area contributed by atoms with Gasteiger partial charge in [-0.2, -0.15) is 0 Å². The Bertz CT molecular complexity index is 401. The lowest BCUT2D eigenvalue weighted by molar-refractivity contribution is -0.117. The summed E-state index contributed by atoms with van der Waals surface area (Å²) in [5.74, 6) is 0.202. The molecule has 25 heavy (non-hydrogen) atoms. The fourth-order valence-electron chi connectivity index (χ4n) is 3.73. The third-order valence-electron chi connectivity index (χ3n) is 4.88. The summed E-state index contributed by atoms with van der Waals surface area (Å²) in [7, 11) is 3.06. The molecule has 0 aromatic carbocycles. The number of amides is 1. The van der Waals surface area contributed by atoms with Crippen molar-refractivity contribution in [2.45, 2.75) is 89.8 Å². The molecule has 1 rings (SSSR count). The summed E-state index contributed by atoms with van der Waals surface area (Å²) in [6.07, 6.45) is 7.87. The largest absolute Gasteiger partial charge is 0.453 e. The van der Waals surface area contributed by atoms with E-state index in [0.717, 1.165) is 51.4 Å². The van der Waals surface area contributed by atoms with Crippen LogP contribution < -0.4 is 0 Å². The smallest absolute Gasteiger partial charge is 0.409 e. The van der Waals surface area contributed by atoms with Crippen LogP contribution in [-0.4, -0.2) is 56.0 Å². The molecule has 6 heteroatoms. The van der Waals surface area contributed by atoms with E-state index in [1.165, 1.54) is 7.11 Å². The van der Waals surface area contributed by atoms with E-state index in [9.17, 15) is 9.59 Å². The highest BCUT2D eigenvalue weighted by Crippen LogP contribution is 2.30. The van der Waals surface area contributed by atoms with E-state index < -0.39 is 0 Å². The van der Waals surface area contributed by atoms with Gasteiger partial charge in [-0.1, -0.05) is 13.3 Å². The highest BCUT2D eigenvalue weighted by molar-refractivity contribution is 5.75. The van der Waals surface area contributed by atoms with E-state index in [1.807, 2.05) is 4.90 Å². The highest BCUT2D eigenvalue weighted by atomic mass is 16.7. The van der Waals surface area contributed by atoms with Gasteiger partial charge in [0.25, 0.3) is 0 Å². The van der Waals surface area contributed by atoms with E-state index >= 15 is 0 Å². The average Bonchev–Trinajstić information content (AvgIpc) is 2.59. The standard InChI is InChI=1S/C19H35NO5/c1-5-8-18(25-14-23-3)13-17-12-7-11-16(10-6-9-15(2)21)20(17)19(22)24-4/h16-18H,5-14H2,1-4H3/t16-,17+,18-/m1/s1. The number of carbonyl (C=O) groups is 2. The number of rotatable bonds is 11. The van der Waals surface area contributed by atoms with Crippen LogP contribution >= 0.6 is 0 Å². The minimum absolute atomic E-state index is 0.0816. The van der Waals surface area contributed by atoms with Crippen molar-refractivity contribution in [3.63, 3.8) is 0 Å². The van der Waals surface area contributed by atoms with E-state index in [0.29, 0.717) is 6.42 Å². The third kappa shape index (κ3) is 7.74.